The molecule has 0 saturated carbocycles. The van der Waals surface area contributed by atoms with Gasteiger partial charge in [-0.3, -0.25) is 14.2 Å². The molecular weight excluding hydrogens is 418 g/mol. The first-order valence-electron chi connectivity index (χ1n) is 9.53. The smallest absolute Gasteiger partial charge is 0.262 e. The highest BCUT2D eigenvalue weighted by Gasteiger charge is 2.17. The Kier molecular flexibility index (Phi) is 5.70. The number of hydrogen-bond acceptors (Lipinski definition) is 4. The molecular formula is C23H20ClN3O2S. The minimum absolute atomic E-state index is 0.0876. The lowest BCUT2D eigenvalue weighted by Gasteiger charge is -2.15. The first-order valence-corrected chi connectivity index (χ1v) is 10.7. The van der Waals surface area contributed by atoms with Gasteiger partial charge in [-0.2, -0.15) is 0 Å². The van der Waals surface area contributed by atoms with Crippen LogP contribution in [0.15, 0.2) is 65.7 Å². The molecule has 4 rings (SSSR count). The molecule has 1 atom stereocenters. The minimum Gasteiger partial charge on any atom is -0.348 e. The van der Waals surface area contributed by atoms with Crippen molar-refractivity contribution in [2.75, 3.05) is 0 Å². The van der Waals surface area contributed by atoms with Crippen LogP contribution in [0.4, 0.5) is 0 Å². The second-order valence-corrected chi connectivity index (χ2v) is 8.56. The van der Waals surface area contributed by atoms with Crippen molar-refractivity contribution < 1.29 is 4.79 Å². The molecule has 0 aliphatic rings. The van der Waals surface area contributed by atoms with Crippen molar-refractivity contribution in [3.8, 4) is 10.4 Å². The lowest BCUT2D eigenvalue weighted by molar-refractivity contribution is -0.122. The van der Waals surface area contributed by atoms with Gasteiger partial charge in [0.25, 0.3) is 5.56 Å². The third kappa shape index (κ3) is 4.01. The van der Waals surface area contributed by atoms with Crippen molar-refractivity contribution >= 4 is 39.1 Å². The molecule has 0 aliphatic heterocycles. The van der Waals surface area contributed by atoms with E-state index in [9.17, 15) is 9.59 Å². The van der Waals surface area contributed by atoms with Gasteiger partial charge < -0.3 is 5.32 Å². The topological polar surface area (TPSA) is 64.0 Å². The number of fused-ring (bicyclic) bond motifs is 1. The predicted octanol–water partition coefficient (Wildman–Crippen LogP) is 4.96. The molecule has 1 amide bonds. The third-order valence-corrected chi connectivity index (χ3v) is 6.52. The van der Waals surface area contributed by atoms with Gasteiger partial charge in [-0.05, 0) is 42.7 Å². The maximum absolute atomic E-state index is 13.1. The lowest BCUT2D eigenvalue weighted by atomic mass is 10.1. The fourth-order valence-corrected chi connectivity index (χ4v) is 4.68. The van der Waals surface area contributed by atoms with E-state index in [0.29, 0.717) is 15.2 Å². The van der Waals surface area contributed by atoms with Gasteiger partial charge in [-0.15, -0.1) is 11.3 Å². The Morgan fingerprint density at radius 2 is 1.87 bits per heavy atom. The maximum Gasteiger partial charge on any atom is 0.262 e. The molecule has 0 fully saturated rings. The zero-order valence-corrected chi connectivity index (χ0v) is 18.1. The second kappa shape index (κ2) is 8.42. The minimum atomic E-state index is -0.253. The lowest BCUT2D eigenvalue weighted by Crippen LogP contribution is -2.33. The van der Waals surface area contributed by atoms with E-state index in [0.717, 1.165) is 21.6 Å². The summed E-state index contributed by atoms with van der Waals surface area (Å²) in [5, 5.41) is 4.13. The molecule has 152 valence electrons. The number of thiophene rings is 1. The summed E-state index contributed by atoms with van der Waals surface area (Å²) in [4.78, 5) is 31.7. The molecule has 2 aromatic carbocycles. The summed E-state index contributed by atoms with van der Waals surface area (Å²) in [6.07, 6.45) is 1.45. The summed E-state index contributed by atoms with van der Waals surface area (Å²) in [6.45, 7) is 3.73. The summed E-state index contributed by atoms with van der Waals surface area (Å²) < 4.78 is 1.36. The molecule has 4 aromatic rings. The predicted molar refractivity (Wildman–Crippen MR) is 122 cm³/mol. The molecule has 1 N–H and O–H groups in total. The molecule has 30 heavy (non-hydrogen) atoms. The van der Waals surface area contributed by atoms with Crippen LogP contribution >= 0.6 is 22.9 Å². The van der Waals surface area contributed by atoms with Crippen LogP contribution in [0.2, 0.25) is 5.02 Å². The van der Waals surface area contributed by atoms with E-state index < -0.39 is 0 Å². The van der Waals surface area contributed by atoms with Crippen LogP contribution < -0.4 is 10.9 Å². The van der Waals surface area contributed by atoms with Gasteiger partial charge in [0.15, 0.2) is 0 Å². The van der Waals surface area contributed by atoms with E-state index in [1.165, 1.54) is 22.2 Å². The Morgan fingerprint density at radius 1 is 1.17 bits per heavy atom. The Labute approximate surface area is 183 Å². The first kappa shape index (κ1) is 20.3. The normalized spacial score (nSPS) is 12.1. The van der Waals surface area contributed by atoms with E-state index in [1.54, 1.807) is 12.1 Å². The zero-order valence-electron chi connectivity index (χ0n) is 16.6. The van der Waals surface area contributed by atoms with Gasteiger partial charge >= 0.3 is 0 Å². The van der Waals surface area contributed by atoms with Gasteiger partial charge in [-0.1, -0.05) is 54.1 Å². The molecule has 0 spiro atoms. The average molecular weight is 438 g/mol. The number of nitrogens with one attached hydrogen (secondary N) is 1. The van der Waals surface area contributed by atoms with Crippen LogP contribution in [0.25, 0.3) is 20.7 Å². The van der Waals surface area contributed by atoms with Crippen molar-refractivity contribution in [1.82, 2.24) is 14.9 Å². The Hall–Kier alpha value is -2.96. The van der Waals surface area contributed by atoms with Crippen molar-refractivity contribution in [2.24, 2.45) is 0 Å². The summed E-state index contributed by atoms with van der Waals surface area (Å²) in [5.41, 5.74) is 2.68. The van der Waals surface area contributed by atoms with E-state index in [-0.39, 0.29) is 24.1 Å². The molecule has 2 aromatic heterocycles. The quantitative estimate of drug-likeness (QED) is 0.479. The van der Waals surface area contributed by atoms with Crippen molar-refractivity contribution in [3.05, 3.63) is 87.4 Å². The highest BCUT2D eigenvalue weighted by molar-refractivity contribution is 7.22. The summed E-state index contributed by atoms with van der Waals surface area (Å²) >= 11 is 7.41. The molecule has 0 saturated heterocycles. The number of hydrogen-bond donors (Lipinski definition) is 1. The Balaban J connectivity index is 1.58. The number of carbonyl (C=O) groups excluding carboxylic acids is 1. The monoisotopic (exact) mass is 437 g/mol. The Morgan fingerprint density at radius 3 is 2.57 bits per heavy atom. The first-order chi connectivity index (χ1) is 14.4. The van der Waals surface area contributed by atoms with Crippen LogP contribution in [0.5, 0.6) is 0 Å². The summed E-state index contributed by atoms with van der Waals surface area (Å²) in [6, 6.07) is 17.0. The van der Waals surface area contributed by atoms with Gasteiger partial charge in [0, 0.05) is 9.90 Å². The summed E-state index contributed by atoms with van der Waals surface area (Å²) in [5.74, 6) is -0.253. The number of halogens is 1. The Bertz CT molecular complexity index is 1260. The molecule has 5 nitrogen and oxygen atoms in total. The molecule has 2 heterocycles. The maximum atomic E-state index is 13.1. The van der Waals surface area contributed by atoms with Gasteiger partial charge in [-0.25, -0.2) is 4.98 Å². The van der Waals surface area contributed by atoms with Crippen molar-refractivity contribution in [1.29, 1.82) is 0 Å². The fraction of sp³-hybridized carbons (Fsp3) is 0.174. The number of nitrogens with zero attached hydrogens (tertiary/aromatic N) is 2. The molecule has 0 radical (unpaired) electrons. The van der Waals surface area contributed by atoms with E-state index in [2.05, 4.69) is 10.3 Å². The largest absolute Gasteiger partial charge is 0.348 e. The second-order valence-electron chi connectivity index (χ2n) is 7.12. The number of carbonyl (C=O) groups is 1. The van der Waals surface area contributed by atoms with Crippen LogP contribution in [-0.4, -0.2) is 15.5 Å². The highest BCUT2D eigenvalue weighted by atomic mass is 35.5. The molecule has 1 unspecified atom stereocenters. The van der Waals surface area contributed by atoms with Crippen molar-refractivity contribution in [2.45, 2.75) is 26.4 Å². The highest BCUT2D eigenvalue weighted by Crippen LogP contribution is 2.35. The zero-order chi connectivity index (χ0) is 21.3. The van der Waals surface area contributed by atoms with Crippen LogP contribution in [0.1, 0.15) is 24.1 Å². The SMILES string of the molecule is Cc1c(-c2ccccc2)sc2ncn(CC(=O)NC(C)c3ccc(Cl)cc3)c(=O)c12. The van der Waals surface area contributed by atoms with E-state index >= 15 is 0 Å². The van der Waals surface area contributed by atoms with Gasteiger partial charge in [0.05, 0.1) is 17.8 Å². The van der Waals surface area contributed by atoms with Gasteiger partial charge in [0.1, 0.15) is 11.4 Å². The molecule has 0 bridgehead atoms. The number of amides is 1. The number of aromatic nitrogens is 2. The standard InChI is InChI=1S/C23H20ClN3O2S/c1-14-20-22(30-21(14)17-6-4-3-5-7-17)25-13-27(23(20)29)12-19(28)26-15(2)16-8-10-18(24)11-9-16/h3-11,13,15H,12H2,1-2H3,(H,26,28). The number of benzene rings is 2. The van der Waals surface area contributed by atoms with Gasteiger partial charge in [0.2, 0.25) is 5.91 Å². The van der Waals surface area contributed by atoms with Crippen LogP contribution in [-0.2, 0) is 11.3 Å². The van der Waals surface area contributed by atoms with E-state index in [4.69, 9.17) is 11.6 Å². The summed E-state index contributed by atoms with van der Waals surface area (Å²) in [7, 11) is 0. The number of rotatable bonds is 5. The number of aryl methyl sites for hydroxylation is 1. The molecule has 7 heteroatoms. The van der Waals surface area contributed by atoms with Crippen LogP contribution in [0.3, 0.4) is 0 Å². The van der Waals surface area contributed by atoms with Crippen LogP contribution in [0, 0.1) is 6.92 Å². The fourth-order valence-electron chi connectivity index (χ4n) is 3.41. The van der Waals surface area contributed by atoms with E-state index in [1.807, 2.05) is 56.3 Å². The third-order valence-electron chi connectivity index (χ3n) is 5.01. The molecule has 0 aliphatic carbocycles. The average Bonchev–Trinajstić information content (AvgIpc) is 3.08. The van der Waals surface area contributed by atoms with Crippen molar-refractivity contribution in [3.63, 3.8) is 0 Å².